The van der Waals surface area contributed by atoms with Gasteiger partial charge in [0.25, 0.3) is 0 Å². The van der Waals surface area contributed by atoms with E-state index in [1.165, 1.54) is 0 Å². The Bertz CT molecular complexity index is 193. The Labute approximate surface area is 81.1 Å². The average molecular weight is 173 g/mol. The van der Waals surface area contributed by atoms with E-state index in [4.69, 9.17) is 4.89 Å². The van der Waals surface area contributed by atoms with Crippen molar-refractivity contribution in [1.82, 2.24) is 0 Å². The summed E-state index contributed by atoms with van der Waals surface area (Å²) in [4.78, 5) is 8.60. The summed E-state index contributed by atoms with van der Waals surface area (Å²) in [5.41, 5.74) is 0. The molecular weight excluding hydrogens is 166 g/mol. The Morgan fingerprint density at radius 2 is 1.60 bits per heavy atom. The van der Waals surface area contributed by atoms with Crippen LogP contribution in [0.25, 0.3) is 0 Å². The second kappa shape index (κ2) is 3.28. The van der Waals surface area contributed by atoms with Gasteiger partial charge in [0.15, 0.2) is 0 Å². The van der Waals surface area contributed by atoms with Crippen molar-refractivity contribution >= 4 is 37.4 Å². The minimum atomic E-state index is -3.73. The maximum absolute atomic E-state index is 10.5. The van der Waals surface area contributed by atoms with Gasteiger partial charge < -0.3 is 9.05 Å². The summed E-state index contributed by atoms with van der Waals surface area (Å²) >= 11 is 0. The largest absolute Gasteiger partial charge is 0.584 e. The Morgan fingerprint density at radius 3 is 1.70 bits per heavy atom. The molecule has 4 nitrogen and oxygen atoms in total. The van der Waals surface area contributed by atoms with Gasteiger partial charge in [0.05, 0.1) is 0 Å². The standard InChI is InChI=1S/C4H7O4P.Na/c1-3-4(2)8-9(5,6)7-3;/h1-2H3,(H,5,6);. The molecule has 0 unspecified atom stereocenters. The monoisotopic (exact) mass is 173 g/mol. The summed E-state index contributed by atoms with van der Waals surface area (Å²) in [7, 11) is -3.73. The van der Waals surface area contributed by atoms with Crippen molar-refractivity contribution in [2.24, 2.45) is 0 Å². The summed E-state index contributed by atoms with van der Waals surface area (Å²) in [6.07, 6.45) is 0. The quantitative estimate of drug-likeness (QED) is 0.438. The second-order valence-corrected chi connectivity index (χ2v) is 3.07. The SMILES string of the molecule is CC1=C(C)OP(=O)(O)O1.[Na]. The molecule has 1 heterocycles. The van der Waals surface area contributed by atoms with Crippen LogP contribution in [0.1, 0.15) is 13.8 Å². The van der Waals surface area contributed by atoms with Crippen LogP contribution in [0, 0.1) is 0 Å². The van der Waals surface area contributed by atoms with Crippen LogP contribution in [0.15, 0.2) is 11.5 Å². The van der Waals surface area contributed by atoms with Gasteiger partial charge in [-0.25, -0.2) is 4.57 Å². The van der Waals surface area contributed by atoms with Crippen LogP contribution in [0.3, 0.4) is 0 Å². The molecule has 0 aromatic heterocycles. The number of allylic oxidation sites excluding steroid dienone is 2. The maximum atomic E-state index is 10.5. The number of phosphoric ester groups is 1. The normalized spacial score (nSPS) is 21.1. The molecule has 0 bridgehead atoms. The molecular formula is C4H7NaO4P. The fraction of sp³-hybridized carbons (Fsp3) is 0.500. The van der Waals surface area contributed by atoms with Crippen molar-refractivity contribution in [1.29, 1.82) is 0 Å². The average Bonchev–Trinajstić information content (AvgIpc) is 1.79. The van der Waals surface area contributed by atoms with E-state index in [0.29, 0.717) is 11.5 Å². The predicted molar refractivity (Wildman–Crippen MR) is 36.1 cm³/mol. The van der Waals surface area contributed by atoms with Crippen LogP contribution < -0.4 is 0 Å². The molecule has 53 valence electrons. The number of phosphoric acid groups is 1. The van der Waals surface area contributed by atoms with Crippen molar-refractivity contribution in [2.75, 3.05) is 0 Å². The molecule has 0 atom stereocenters. The molecule has 1 radical (unpaired) electrons. The molecule has 1 rings (SSSR count). The Hall–Kier alpha value is 0.530. The molecule has 1 N–H and O–H groups in total. The van der Waals surface area contributed by atoms with Gasteiger partial charge in [-0.15, -0.1) is 0 Å². The van der Waals surface area contributed by atoms with E-state index >= 15 is 0 Å². The summed E-state index contributed by atoms with van der Waals surface area (Å²) in [5.74, 6) is 0.752. The van der Waals surface area contributed by atoms with Gasteiger partial charge in [-0.1, -0.05) is 0 Å². The Balaban J connectivity index is 0.000000810. The van der Waals surface area contributed by atoms with Crippen LogP contribution in [0.5, 0.6) is 0 Å². The number of hydrogen-bond donors (Lipinski definition) is 1. The van der Waals surface area contributed by atoms with E-state index < -0.39 is 7.82 Å². The molecule has 1 aliphatic rings. The first-order valence-electron chi connectivity index (χ1n) is 2.41. The third-order valence-corrected chi connectivity index (χ3v) is 2.01. The van der Waals surface area contributed by atoms with Gasteiger partial charge in [-0.2, -0.15) is 0 Å². The van der Waals surface area contributed by atoms with Gasteiger partial charge in [0, 0.05) is 29.6 Å². The van der Waals surface area contributed by atoms with Gasteiger partial charge >= 0.3 is 7.82 Å². The van der Waals surface area contributed by atoms with Gasteiger partial charge in [-0.05, 0) is 13.8 Å². The van der Waals surface area contributed by atoms with E-state index in [-0.39, 0.29) is 29.6 Å². The van der Waals surface area contributed by atoms with E-state index in [0.717, 1.165) is 0 Å². The number of rotatable bonds is 0. The molecule has 10 heavy (non-hydrogen) atoms. The molecule has 0 fully saturated rings. The van der Waals surface area contributed by atoms with E-state index in [2.05, 4.69) is 9.05 Å². The van der Waals surface area contributed by atoms with Gasteiger partial charge in [0.1, 0.15) is 11.5 Å². The van der Waals surface area contributed by atoms with Crippen LogP contribution in [0.4, 0.5) is 0 Å². The first kappa shape index (κ1) is 10.5. The first-order chi connectivity index (χ1) is 4.01. The smallest absolute Gasteiger partial charge is 0.396 e. The van der Waals surface area contributed by atoms with Crippen molar-refractivity contribution in [2.45, 2.75) is 13.8 Å². The second-order valence-electron chi connectivity index (χ2n) is 1.76. The first-order valence-corrected chi connectivity index (χ1v) is 3.90. The van der Waals surface area contributed by atoms with Crippen molar-refractivity contribution in [3.63, 3.8) is 0 Å². The molecule has 0 aromatic rings. The Kier molecular flexibility index (Phi) is 3.46. The summed E-state index contributed by atoms with van der Waals surface area (Å²) in [5, 5.41) is 0. The summed E-state index contributed by atoms with van der Waals surface area (Å²) in [6, 6.07) is 0. The zero-order chi connectivity index (χ0) is 7.07. The van der Waals surface area contributed by atoms with Crippen molar-refractivity contribution < 1.29 is 18.5 Å². The fourth-order valence-corrected chi connectivity index (χ4v) is 1.48. The zero-order valence-electron chi connectivity index (χ0n) is 6.12. The molecule has 0 amide bonds. The predicted octanol–water partition coefficient (Wildman–Crippen LogP) is 1.00. The minimum Gasteiger partial charge on any atom is -0.396 e. The van der Waals surface area contributed by atoms with Gasteiger partial charge in [-0.3, -0.25) is 4.89 Å². The molecule has 1 aliphatic heterocycles. The van der Waals surface area contributed by atoms with E-state index in [1.54, 1.807) is 13.8 Å². The molecule has 0 saturated heterocycles. The minimum absolute atomic E-state index is 0. The third-order valence-electron chi connectivity index (χ3n) is 1.00. The maximum Gasteiger partial charge on any atom is 0.584 e. The van der Waals surface area contributed by atoms with Crippen LogP contribution >= 0.6 is 7.82 Å². The Morgan fingerprint density at radius 1 is 1.30 bits per heavy atom. The van der Waals surface area contributed by atoms with Crippen molar-refractivity contribution in [3.8, 4) is 0 Å². The van der Waals surface area contributed by atoms with Crippen LogP contribution in [-0.4, -0.2) is 34.5 Å². The molecule has 0 spiro atoms. The zero-order valence-corrected chi connectivity index (χ0v) is 9.01. The van der Waals surface area contributed by atoms with Gasteiger partial charge in [0.2, 0.25) is 0 Å². The molecule has 0 aliphatic carbocycles. The van der Waals surface area contributed by atoms with E-state index in [9.17, 15) is 4.57 Å². The number of hydrogen-bond acceptors (Lipinski definition) is 3. The topological polar surface area (TPSA) is 55.8 Å². The molecule has 0 aromatic carbocycles. The van der Waals surface area contributed by atoms with Crippen LogP contribution in [-0.2, 0) is 13.6 Å². The summed E-state index contributed by atoms with van der Waals surface area (Å²) in [6.45, 7) is 3.15. The fourth-order valence-electron chi connectivity index (χ4n) is 0.493. The molecule has 6 heteroatoms. The van der Waals surface area contributed by atoms with E-state index in [1.807, 2.05) is 0 Å². The summed E-state index contributed by atoms with van der Waals surface area (Å²) < 4.78 is 19.4. The van der Waals surface area contributed by atoms with Crippen LogP contribution in [0.2, 0.25) is 0 Å². The molecule has 0 saturated carbocycles. The third kappa shape index (κ3) is 2.29. The van der Waals surface area contributed by atoms with Crippen molar-refractivity contribution in [3.05, 3.63) is 11.5 Å².